The van der Waals surface area contributed by atoms with Crippen LogP contribution in [0, 0.1) is 0 Å². The van der Waals surface area contributed by atoms with Crippen LogP contribution in [0.25, 0.3) is 11.2 Å². The molecule has 3 rings (SSSR count). The van der Waals surface area contributed by atoms with E-state index in [0.717, 1.165) is 0 Å². The average Bonchev–Trinajstić information content (AvgIpc) is 2.94. The second kappa shape index (κ2) is 4.37. The Morgan fingerprint density at radius 1 is 1.42 bits per heavy atom. The van der Waals surface area contributed by atoms with Crippen molar-refractivity contribution in [3.05, 3.63) is 12.7 Å². The smallest absolute Gasteiger partial charge is 0.173 e. The molecule has 0 amide bonds. The summed E-state index contributed by atoms with van der Waals surface area (Å²) in [5.41, 5.74) is 6.28. The van der Waals surface area contributed by atoms with Gasteiger partial charge in [-0.2, -0.15) is 0 Å². The van der Waals surface area contributed by atoms with Gasteiger partial charge in [-0.3, -0.25) is 4.57 Å². The molecule has 19 heavy (non-hydrogen) atoms. The molecule has 0 radical (unpaired) electrons. The van der Waals surface area contributed by atoms with Gasteiger partial charge in [0.1, 0.15) is 24.1 Å². The van der Waals surface area contributed by atoms with E-state index in [1.165, 1.54) is 17.2 Å². The van der Waals surface area contributed by atoms with Crippen LogP contribution in [0.15, 0.2) is 12.7 Å². The summed E-state index contributed by atoms with van der Waals surface area (Å²) in [5.74, 6) is 0.177. The molecule has 1 aliphatic heterocycles. The van der Waals surface area contributed by atoms with Crippen molar-refractivity contribution in [1.82, 2.24) is 19.5 Å². The maximum absolute atomic E-state index is 14.0. The Bertz CT molecular complexity index is 606. The van der Waals surface area contributed by atoms with Crippen LogP contribution in [0.3, 0.4) is 0 Å². The molecule has 4 N–H and O–H groups in total. The number of aliphatic hydroxyl groups excluding tert-OH is 2. The summed E-state index contributed by atoms with van der Waals surface area (Å²) >= 11 is 0. The van der Waals surface area contributed by atoms with E-state index in [1.54, 1.807) is 0 Å². The van der Waals surface area contributed by atoms with E-state index < -0.39 is 31.2 Å². The summed E-state index contributed by atoms with van der Waals surface area (Å²) in [6.07, 6.45) is -2.61. The number of fused-ring (bicyclic) bond motifs is 1. The number of nitrogens with two attached hydrogens (primary N) is 1. The van der Waals surface area contributed by atoms with Gasteiger partial charge in [-0.15, -0.1) is 0 Å². The van der Waals surface area contributed by atoms with E-state index in [1.807, 2.05) is 0 Å². The summed E-state index contributed by atoms with van der Waals surface area (Å²) in [6.45, 7) is -0.470. The second-order valence-corrected chi connectivity index (χ2v) is 4.27. The van der Waals surface area contributed by atoms with Gasteiger partial charge in [-0.25, -0.2) is 19.3 Å². The third-order valence-corrected chi connectivity index (χ3v) is 3.13. The molecule has 2 aromatic heterocycles. The zero-order valence-electron chi connectivity index (χ0n) is 9.72. The Hall–Kier alpha value is -1.84. The number of aromatic nitrogens is 4. The van der Waals surface area contributed by atoms with Crippen LogP contribution in [0.2, 0.25) is 0 Å². The first-order valence-electron chi connectivity index (χ1n) is 5.65. The Labute approximate surface area is 106 Å². The van der Waals surface area contributed by atoms with Crippen molar-refractivity contribution in [3.63, 3.8) is 0 Å². The summed E-state index contributed by atoms with van der Waals surface area (Å²) in [5, 5.41) is 18.6. The van der Waals surface area contributed by atoms with Crippen LogP contribution < -0.4 is 5.73 Å². The van der Waals surface area contributed by atoms with Crippen molar-refractivity contribution in [3.8, 4) is 0 Å². The molecule has 0 bridgehead atoms. The number of nitrogen functional groups attached to an aromatic ring is 1. The fourth-order valence-corrected chi connectivity index (χ4v) is 2.13. The Morgan fingerprint density at radius 2 is 2.21 bits per heavy atom. The highest BCUT2D eigenvalue weighted by molar-refractivity contribution is 5.81. The summed E-state index contributed by atoms with van der Waals surface area (Å²) < 4.78 is 20.6. The monoisotopic (exact) mass is 269 g/mol. The molecule has 102 valence electrons. The predicted molar refractivity (Wildman–Crippen MR) is 61.6 cm³/mol. The van der Waals surface area contributed by atoms with Crippen LogP contribution in [0.1, 0.15) is 6.23 Å². The highest BCUT2D eigenvalue weighted by Gasteiger charge is 2.45. The molecule has 1 aliphatic rings. The van der Waals surface area contributed by atoms with Gasteiger partial charge in [0.15, 0.2) is 23.9 Å². The van der Waals surface area contributed by atoms with Crippen molar-refractivity contribution in [2.24, 2.45) is 0 Å². The minimum Gasteiger partial charge on any atom is -0.394 e. The summed E-state index contributed by atoms with van der Waals surface area (Å²) in [6, 6.07) is 0. The number of anilines is 1. The number of aliphatic hydroxyl groups is 2. The highest BCUT2D eigenvalue weighted by Crippen LogP contribution is 2.33. The van der Waals surface area contributed by atoms with Crippen molar-refractivity contribution >= 4 is 17.0 Å². The molecule has 4 atom stereocenters. The average molecular weight is 269 g/mol. The minimum absolute atomic E-state index is 0.177. The zero-order chi connectivity index (χ0) is 13.6. The van der Waals surface area contributed by atoms with Crippen molar-refractivity contribution in [2.45, 2.75) is 24.6 Å². The number of alkyl halides is 1. The normalized spacial score (nSPS) is 31.1. The number of halogens is 1. The van der Waals surface area contributed by atoms with Gasteiger partial charge in [0, 0.05) is 0 Å². The molecule has 0 aliphatic carbocycles. The fourth-order valence-electron chi connectivity index (χ4n) is 2.13. The molecular formula is C10H12FN5O3. The van der Waals surface area contributed by atoms with Crippen LogP contribution >= 0.6 is 0 Å². The molecule has 3 heterocycles. The van der Waals surface area contributed by atoms with Crippen molar-refractivity contribution < 1.29 is 19.3 Å². The van der Waals surface area contributed by atoms with Gasteiger partial charge in [0.05, 0.1) is 12.9 Å². The SMILES string of the molecule is Nc1ncnc2c1ncn2[C@@H]1O[C@H](CO)[C@@H](O)[C@@H]1F. The minimum atomic E-state index is -1.69. The Balaban J connectivity index is 2.04. The topological polar surface area (TPSA) is 119 Å². The third-order valence-electron chi connectivity index (χ3n) is 3.13. The molecule has 8 nitrogen and oxygen atoms in total. The Morgan fingerprint density at radius 3 is 2.89 bits per heavy atom. The third kappa shape index (κ3) is 1.74. The van der Waals surface area contributed by atoms with Gasteiger partial charge >= 0.3 is 0 Å². The first-order valence-corrected chi connectivity index (χ1v) is 5.65. The van der Waals surface area contributed by atoms with E-state index in [2.05, 4.69) is 15.0 Å². The van der Waals surface area contributed by atoms with E-state index in [0.29, 0.717) is 11.2 Å². The number of hydrogen-bond donors (Lipinski definition) is 3. The molecule has 1 saturated heterocycles. The molecule has 1 fully saturated rings. The van der Waals surface area contributed by atoms with Gasteiger partial charge in [-0.05, 0) is 0 Å². The van der Waals surface area contributed by atoms with Crippen LogP contribution in [-0.4, -0.2) is 54.7 Å². The maximum Gasteiger partial charge on any atom is 0.173 e. The number of nitrogens with zero attached hydrogens (tertiary/aromatic N) is 4. The molecule has 9 heteroatoms. The summed E-state index contributed by atoms with van der Waals surface area (Å²) in [4.78, 5) is 11.8. The first kappa shape index (κ1) is 12.2. The molecule has 0 unspecified atom stereocenters. The number of ether oxygens (including phenoxy) is 1. The lowest BCUT2D eigenvalue weighted by atomic mass is 10.1. The maximum atomic E-state index is 14.0. The number of rotatable bonds is 2. The van der Waals surface area contributed by atoms with Crippen LogP contribution in [0.4, 0.5) is 10.2 Å². The van der Waals surface area contributed by atoms with Gasteiger partial charge < -0.3 is 20.7 Å². The van der Waals surface area contributed by atoms with Crippen molar-refractivity contribution in [1.29, 1.82) is 0 Å². The molecule has 0 saturated carbocycles. The fraction of sp³-hybridized carbons (Fsp3) is 0.500. The summed E-state index contributed by atoms with van der Waals surface area (Å²) in [7, 11) is 0. The zero-order valence-corrected chi connectivity index (χ0v) is 9.72. The predicted octanol–water partition coefficient (Wildman–Crippen LogP) is -1.00. The van der Waals surface area contributed by atoms with Crippen LogP contribution in [-0.2, 0) is 4.74 Å². The quantitative estimate of drug-likeness (QED) is 0.639. The lowest BCUT2D eigenvalue weighted by Gasteiger charge is -2.14. The second-order valence-electron chi connectivity index (χ2n) is 4.27. The lowest BCUT2D eigenvalue weighted by Crippen LogP contribution is -2.30. The van der Waals surface area contributed by atoms with Crippen LogP contribution in [0.5, 0.6) is 0 Å². The molecule has 0 spiro atoms. The van der Waals surface area contributed by atoms with E-state index in [4.69, 9.17) is 15.6 Å². The van der Waals surface area contributed by atoms with Gasteiger partial charge in [0.25, 0.3) is 0 Å². The van der Waals surface area contributed by atoms with Crippen molar-refractivity contribution in [2.75, 3.05) is 12.3 Å². The Kier molecular flexibility index (Phi) is 2.81. The molecule has 0 aromatic carbocycles. The number of hydrogen-bond acceptors (Lipinski definition) is 7. The standard InChI is InChI=1S/C10H12FN5O3/c11-5-7(18)4(1-17)19-10(5)16-3-15-6-8(12)13-2-14-9(6)16/h2-5,7,10,17-18H,1H2,(H2,12,13,14)/t4-,5+,7-,10-/m1/s1. The van der Waals surface area contributed by atoms with Gasteiger partial charge in [0.2, 0.25) is 0 Å². The lowest BCUT2D eigenvalue weighted by molar-refractivity contribution is -0.0459. The molecular weight excluding hydrogens is 257 g/mol. The van der Waals surface area contributed by atoms with E-state index in [9.17, 15) is 9.50 Å². The van der Waals surface area contributed by atoms with E-state index >= 15 is 0 Å². The molecule has 2 aromatic rings. The first-order chi connectivity index (χ1) is 9.13. The number of imidazole rings is 1. The largest absolute Gasteiger partial charge is 0.394 e. The highest BCUT2D eigenvalue weighted by atomic mass is 19.1. The van der Waals surface area contributed by atoms with Gasteiger partial charge in [-0.1, -0.05) is 0 Å². The van der Waals surface area contributed by atoms with E-state index in [-0.39, 0.29) is 5.82 Å².